The highest BCUT2D eigenvalue weighted by molar-refractivity contribution is 7.99. The number of ether oxygens (including phenoxy) is 1. The summed E-state index contributed by atoms with van der Waals surface area (Å²) in [6.07, 6.45) is 2.14. The number of morpholine rings is 1. The average Bonchev–Trinajstić information content (AvgIpc) is 2.65. The van der Waals surface area contributed by atoms with Crippen molar-refractivity contribution < 1.29 is 4.74 Å². The molecule has 2 rings (SSSR count). The lowest BCUT2D eigenvalue weighted by atomic mass is 10.2. The quantitative estimate of drug-likeness (QED) is 0.575. The minimum atomic E-state index is 0.190. The molecular weight excluding hydrogens is 332 g/mol. The summed E-state index contributed by atoms with van der Waals surface area (Å²) in [5.74, 6) is 0.877. The molecule has 0 saturated carbocycles. The van der Waals surface area contributed by atoms with Gasteiger partial charge in [-0.1, -0.05) is 12.1 Å². The molecule has 0 aliphatic carbocycles. The number of thioether (sulfide) groups is 1. The van der Waals surface area contributed by atoms with Crippen LogP contribution in [0.3, 0.4) is 0 Å². The molecule has 1 saturated heterocycles. The second kappa shape index (κ2) is 9.92. The second-order valence-electron chi connectivity index (χ2n) is 6.78. The standard InChI is InChI=1S/C19H32N4OS/c1-5-20-18(22-15-19(2,3)25-4)21-14-16-6-8-17(9-7-16)23-10-12-24-13-11-23/h6-9H,5,10-15H2,1-4H3,(H2,20,21,22). The van der Waals surface area contributed by atoms with Crippen molar-refractivity contribution in [3.05, 3.63) is 29.8 Å². The Bertz CT molecular complexity index is 539. The highest BCUT2D eigenvalue weighted by Gasteiger charge is 2.16. The largest absolute Gasteiger partial charge is 0.378 e. The molecule has 1 heterocycles. The Kier molecular flexibility index (Phi) is 7.90. The van der Waals surface area contributed by atoms with E-state index in [0.29, 0.717) is 6.54 Å². The summed E-state index contributed by atoms with van der Waals surface area (Å²) >= 11 is 1.86. The van der Waals surface area contributed by atoms with Gasteiger partial charge in [0.1, 0.15) is 0 Å². The monoisotopic (exact) mass is 364 g/mol. The number of hydrogen-bond donors (Lipinski definition) is 2. The maximum Gasteiger partial charge on any atom is 0.191 e. The number of anilines is 1. The van der Waals surface area contributed by atoms with Crippen LogP contribution in [-0.2, 0) is 11.3 Å². The highest BCUT2D eigenvalue weighted by atomic mass is 32.2. The van der Waals surface area contributed by atoms with Gasteiger partial charge in [-0.2, -0.15) is 11.8 Å². The van der Waals surface area contributed by atoms with Crippen molar-refractivity contribution in [1.29, 1.82) is 0 Å². The number of aliphatic imine (C=N–C) groups is 1. The van der Waals surface area contributed by atoms with E-state index in [2.05, 4.69) is 66.8 Å². The molecule has 1 aromatic carbocycles. The topological polar surface area (TPSA) is 48.9 Å². The van der Waals surface area contributed by atoms with Gasteiger partial charge < -0.3 is 20.3 Å². The Morgan fingerprint density at radius 1 is 1.20 bits per heavy atom. The SMILES string of the molecule is CCNC(=NCc1ccc(N2CCOCC2)cc1)NCC(C)(C)SC. The first kappa shape index (κ1) is 19.9. The number of benzene rings is 1. The predicted molar refractivity (Wildman–Crippen MR) is 110 cm³/mol. The highest BCUT2D eigenvalue weighted by Crippen LogP contribution is 2.19. The van der Waals surface area contributed by atoms with Gasteiger partial charge in [0.2, 0.25) is 0 Å². The fraction of sp³-hybridized carbons (Fsp3) is 0.632. The third-order valence-electron chi connectivity index (χ3n) is 4.31. The minimum Gasteiger partial charge on any atom is -0.378 e. The van der Waals surface area contributed by atoms with Gasteiger partial charge in [0.15, 0.2) is 5.96 Å². The minimum absolute atomic E-state index is 0.190. The van der Waals surface area contributed by atoms with Crippen LogP contribution < -0.4 is 15.5 Å². The van der Waals surface area contributed by atoms with Crippen molar-refractivity contribution in [1.82, 2.24) is 10.6 Å². The first-order valence-electron chi connectivity index (χ1n) is 9.03. The van der Waals surface area contributed by atoms with Crippen molar-refractivity contribution in [3.63, 3.8) is 0 Å². The molecule has 1 aliphatic rings. The zero-order valence-electron chi connectivity index (χ0n) is 16.0. The zero-order valence-corrected chi connectivity index (χ0v) is 16.8. The lowest BCUT2D eigenvalue weighted by Crippen LogP contribution is -2.43. The summed E-state index contributed by atoms with van der Waals surface area (Å²) in [4.78, 5) is 7.08. The zero-order chi connectivity index (χ0) is 18.1. The van der Waals surface area contributed by atoms with Gasteiger partial charge in [0.05, 0.1) is 19.8 Å². The Morgan fingerprint density at radius 3 is 2.48 bits per heavy atom. The molecule has 2 N–H and O–H groups in total. The number of nitrogens with one attached hydrogen (secondary N) is 2. The van der Waals surface area contributed by atoms with Crippen molar-refractivity contribution in [3.8, 4) is 0 Å². The van der Waals surface area contributed by atoms with Crippen molar-refractivity contribution in [2.45, 2.75) is 32.1 Å². The van der Waals surface area contributed by atoms with Gasteiger partial charge in [-0.15, -0.1) is 0 Å². The molecule has 0 aromatic heterocycles. The fourth-order valence-corrected chi connectivity index (χ4v) is 2.73. The molecule has 1 aliphatic heterocycles. The summed E-state index contributed by atoms with van der Waals surface area (Å²) in [5.41, 5.74) is 2.49. The molecular formula is C19H32N4OS. The Balaban J connectivity index is 1.92. The lowest BCUT2D eigenvalue weighted by molar-refractivity contribution is 0.122. The van der Waals surface area contributed by atoms with E-state index in [4.69, 9.17) is 9.73 Å². The van der Waals surface area contributed by atoms with E-state index in [9.17, 15) is 0 Å². The van der Waals surface area contributed by atoms with Crippen LogP contribution in [0.1, 0.15) is 26.3 Å². The van der Waals surface area contributed by atoms with Crippen LogP contribution in [0.25, 0.3) is 0 Å². The summed E-state index contributed by atoms with van der Waals surface area (Å²) in [5, 5.41) is 6.76. The molecule has 140 valence electrons. The van der Waals surface area contributed by atoms with E-state index in [1.165, 1.54) is 11.3 Å². The molecule has 0 amide bonds. The van der Waals surface area contributed by atoms with Gasteiger partial charge in [-0.3, -0.25) is 0 Å². The van der Waals surface area contributed by atoms with Gasteiger partial charge in [0.25, 0.3) is 0 Å². The normalized spacial score (nSPS) is 16.0. The second-order valence-corrected chi connectivity index (χ2v) is 8.29. The smallest absolute Gasteiger partial charge is 0.191 e. The van der Waals surface area contributed by atoms with Gasteiger partial charge in [-0.05, 0) is 44.7 Å². The van der Waals surface area contributed by atoms with E-state index >= 15 is 0 Å². The Morgan fingerprint density at radius 2 is 1.88 bits per heavy atom. The van der Waals surface area contributed by atoms with E-state index in [0.717, 1.165) is 45.4 Å². The summed E-state index contributed by atoms with van der Waals surface area (Å²) in [7, 11) is 0. The van der Waals surface area contributed by atoms with Crippen LogP contribution >= 0.6 is 11.8 Å². The van der Waals surface area contributed by atoms with Crippen LogP contribution in [0.5, 0.6) is 0 Å². The molecule has 0 spiro atoms. The molecule has 0 radical (unpaired) electrons. The maximum atomic E-state index is 5.41. The number of guanidine groups is 1. The van der Waals surface area contributed by atoms with Crippen LogP contribution in [-0.4, -0.2) is 56.4 Å². The summed E-state index contributed by atoms with van der Waals surface area (Å²) in [6, 6.07) is 8.72. The summed E-state index contributed by atoms with van der Waals surface area (Å²) in [6.45, 7) is 12.6. The third-order valence-corrected chi connectivity index (χ3v) is 5.56. The number of hydrogen-bond acceptors (Lipinski definition) is 4. The van der Waals surface area contributed by atoms with Gasteiger partial charge in [0, 0.05) is 36.6 Å². The Labute approximate surface area is 156 Å². The summed E-state index contributed by atoms with van der Waals surface area (Å²) < 4.78 is 5.60. The van der Waals surface area contributed by atoms with E-state index < -0.39 is 0 Å². The molecule has 0 bridgehead atoms. The molecule has 25 heavy (non-hydrogen) atoms. The van der Waals surface area contributed by atoms with Crippen molar-refractivity contribution in [2.75, 3.05) is 50.5 Å². The van der Waals surface area contributed by atoms with Crippen molar-refractivity contribution >= 4 is 23.4 Å². The maximum absolute atomic E-state index is 5.41. The molecule has 0 unspecified atom stereocenters. The lowest BCUT2D eigenvalue weighted by Gasteiger charge is -2.28. The number of nitrogens with zero attached hydrogens (tertiary/aromatic N) is 2. The Hall–Kier alpha value is -1.40. The van der Waals surface area contributed by atoms with Crippen LogP contribution in [0.15, 0.2) is 29.3 Å². The first-order chi connectivity index (χ1) is 12.0. The average molecular weight is 365 g/mol. The molecule has 5 nitrogen and oxygen atoms in total. The first-order valence-corrected chi connectivity index (χ1v) is 10.3. The van der Waals surface area contributed by atoms with Crippen LogP contribution in [0.4, 0.5) is 5.69 Å². The van der Waals surface area contributed by atoms with Crippen LogP contribution in [0.2, 0.25) is 0 Å². The predicted octanol–water partition coefficient (Wildman–Crippen LogP) is 2.72. The molecule has 0 atom stereocenters. The fourth-order valence-electron chi connectivity index (χ4n) is 2.51. The van der Waals surface area contributed by atoms with E-state index in [1.54, 1.807) is 0 Å². The van der Waals surface area contributed by atoms with Gasteiger partial charge >= 0.3 is 0 Å². The third kappa shape index (κ3) is 6.78. The number of rotatable bonds is 7. The van der Waals surface area contributed by atoms with Crippen molar-refractivity contribution in [2.24, 2.45) is 4.99 Å². The molecule has 1 aromatic rings. The van der Waals surface area contributed by atoms with E-state index in [1.807, 2.05) is 11.8 Å². The van der Waals surface area contributed by atoms with Gasteiger partial charge in [-0.25, -0.2) is 4.99 Å². The van der Waals surface area contributed by atoms with E-state index in [-0.39, 0.29) is 4.75 Å². The molecule has 1 fully saturated rings. The molecule has 6 heteroatoms. The van der Waals surface area contributed by atoms with Crippen LogP contribution in [0, 0.1) is 0 Å².